The normalized spacial score (nSPS) is 23.4. The molecule has 3 atom stereocenters. The zero-order chi connectivity index (χ0) is 14.1. The zero-order valence-electron chi connectivity index (χ0n) is 12.4. The lowest BCUT2D eigenvalue weighted by Gasteiger charge is -2.31. The molecule has 1 aliphatic carbocycles. The van der Waals surface area contributed by atoms with Crippen molar-refractivity contribution >= 4 is 0 Å². The number of nitrogens with one attached hydrogen (secondary N) is 1. The van der Waals surface area contributed by atoms with Crippen LogP contribution in [0.25, 0.3) is 0 Å². The third kappa shape index (κ3) is 2.50. The summed E-state index contributed by atoms with van der Waals surface area (Å²) >= 11 is 0. The van der Waals surface area contributed by atoms with E-state index in [0.29, 0.717) is 12.0 Å². The molecule has 3 rings (SSSR count). The highest BCUT2D eigenvalue weighted by Gasteiger charge is 2.26. The minimum atomic E-state index is 0.134. The number of rotatable bonds is 3. The van der Waals surface area contributed by atoms with E-state index in [9.17, 15) is 0 Å². The Morgan fingerprint density at radius 1 is 1.25 bits per heavy atom. The van der Waals surface area contributed by atoms with Crippen LogP contribution in [0, 0.1) is 6.92 Å². The topological polar surface area (TPSA) is 38.1 Å². The molecule has 0 radical (unpaired) electrons. The first kappa shape index (κ1) is 13.4. The highest BCUT2D eigenvalue weighted by molar-refractivity contribution is 5.35. The van der Waals surface area contributed by atoms with Gasteiger partial charge in [-0.2, -0.15) is 0 Å². The van der Waals surface area contributed by atoms with Crippen molar-refractivity contribution in [3.8, 4) is 0 Å². The van der Waals surface area contributed by atoms with Crippen molar-refractivity contribution in [1.29, 1.82) is 0 Å². The molecule has 2 aromatic rings. The van der Waals surface area contributed by atoms with Crippen molar-refractivity contribution in [2.24, 2.45) is 0 Å². The first-order valence-corrected chi connectivity index (χ1v) is 7.42. The first-order valence-electron chi connectivity index (χ1n) is 7.42. The number of nitrogens with zero attached hydrogens (tertiary/aromatic N) is 1. The Balaban J connectivity index is 1.80. The number of aryl methyl sites for hydroxylation is 1. The van der Waals surface area contributed by atoms with Gasteiger partial charge in [-0.05, 0) is 43.7 Å². The van der Waals surface area contributed by atoms with Gasteiger partial charge in [-0.25, -0.2) is 4.98 Å². The molecule has 0 spiro atoms. The highest BCUT2D eigenvalue weighted by atomic mass is 16.4. The highest BCUT2D eigenvalue weighted by Crippen LogP contribution is 2.38. The van der Waals surface area contributed by atoms with Crippen molar-refractivity contribution in [2.45, 2.75) is 51.6 Å². The third-order valence-corrected chi connectivity index (χ3v) is 4.25. The van der Waals surface area contributed by atoms with E-state index in [1.54, 1.807) is 6.20 Å². The van der Waals surface area contributed by atoms with Gasteiger partial charge in [-0.3, -0.25) is 5.32 Å². The molecule has 1 aromatic carbocycles. The van der Waals surface area contributed by atoms with Gasteiger partial charge in [-0.15, -0.1) is 0 Å². The van der Waals surface area contributed by atoms with Gasteiger partial charge in [0.1, 0.15) is 5.76 Å². The average molecular weight is 270 g/mol. The van der Waals surface area contributed by atoms with Gasteiger partial charge in [-0.1, -0.05) is 31.2 Å². The predicted molar refractivity (Wildman–Crippen MR) is 79.6 cm³/mol. The summed E-state index contributed by atoms with van der Waals surface area (Å²) in [6, 6.07) is 9.30. The molecular weight excluding hydrogens is 248 g/mol. The Labute approximate surface area is 120 Å². The number of benzene rings is 1. The minimum absolute atomic E-state index is 0.134. The van der Waals surface area contributed by atoms with Crippen LogP contribution in [0.4, 0.5) is 0 Å². The Morgan fingerprint density at radius 2 is 2.00 bits per heavy atom. The average Bonchev–Trinajstić information content (AvgIpc) is 2.89. The lowest BCUT2D eigenvalue weighted by atomic mass is 9.81. The molecule has 0 bridgehead atoms. The van der Waals surface area contributed by atoms with Crippen LogP contribution < -0.4 is 5.32 Å². The van der Waals surface area contributed by atoms with Crippen LogP contribution in [0.15, 0.2) is 34.9 Å². The Bertz CT molecular complexity index is 590. The van der Waals surface area contributed by atoms with Crippen LogP contribution >= 0.6 is 0 Å². The van der Waals surface area contributed by atoms with Crippen molar-refractivity contribution in [3.05, 3.63) is 53.2 Å². The number of fused-ring (bicyclic) bond motifs is 1. The van der Waals surface area contributed by atoms with Crippen LogP contribution in [0.3, 0.4) is 0 Å². The Hall–Kier alpha value is -1.61. The van der Waals surface area contributed by atoms with Crippen LogP contribution in [0.2, 0.25) is 0 Å². The van der Waals surface area contributed by atoms with E-state index in [1.165, 1.54) is 24.0 Å². The Kier molecular flexibility index (Phi) is 3.62. The molecule has 0 saturated carbocycles. The molecule has 1 N–H and O–H groups in total. The van der Waals surface area contributed by atoms with Gasteiger partial charge in [0.15, 0.2) is 0 Å². The fourth-order valence-corrected chi connectivity index (χ4v) is 3.12. The number of hydrogen-bond acceptors (Lipinski definition) is 3. The van der Waals surface area contributed by atoms with Crippen molar-refractivity contribution in [1.82, 2.24) is 10.3 Å². The number of aromatic nitrogens is 1. The van der Waals surface area contributed by atoms with E-state index >= 15 is 0 Å². The van der Waals surface area contributed by atoms with Crippen LogP contribution in [0.1, 0.15) is 67.5 Å². The second kappa shape index (κ2) is 5.41. The number of hydrogen-bond donors (Lipinski definition) is 1. The molecule has 1 aromatic heterocycles. The summed E-state index contributed by atoms with van der Waals surface area (Å²) in [6.45, 7) is 6.36. The van der Waals surface area contributed by atoms with E-state index in [4.69, 9.17) is 4.42 Å². The van der Waals surface area contributed by atoms with E-state index in [0.717, 1.165) is 11.7 Å². The van der Waals surface area contributed by atoms with Gasteiger partial charge in [0.2, 0.25) is 5.89 Å². The van der Waals surface area contributed by atoms with Crippen LogP contribution in [-0.4, -0.2) is 4.98 Å². The molecule has 20 heavy (non-hydrogen) atoms. The predicted octanol–water partition coefficient (Wildman–Crippen LogP) is 4.27. The van der Waals surface area contributed by atoms with Crippen molar-refractivity contribution in [3.63, 3.8) is 0 Å². The maximum atomic E-state index is 5.62. The molecule has 0 saturated heterocycles. The standard InChI is InChI=1S/C17H22N2O/c1-11-8-9-16(15-7-5-4-6-14(11)15)19-13(3)17-18-10-12(2)20-17/h4-7,10-11,13,16,19H,8-9H2,1-3H3. The Morgan fingerprint density at radius 3 is 2.70 bits per heavy atom. The van der Waals surface area contributed by atoms with Gasteiger partial charge >= 0.3 is 0 Å². The van der Waals surface area contributed by atoms with Gasteiger partial charge in [0.25, 0.3) is 0 Å². The monoisotopic (exact) mass is 270 g/mol. The van der Waals surface area contributed by atoms with E-state index in [2.05, 4.69) is 48.4 Å². The van der Waals surface area contributed by atoms with Crippen LogP contribution in [-0.2, 0) is 0 Å². The van der Waals surface area contributed by atoms with Crippen molar-refractivity contribution in [2.75, 3.05) is 0 Å². The van der Waals surface area contributed by atoms with E-state index in [-0.39, 0.29) is 6.04 Å². The quantitative estimate of drug-likeness (QED) is 0.905. The van der Waals surface area contributed by atoms with E-state index in [1.807, 2.05) is 6.92 Å². The summed E-state index contributed by atoms with van der Waals surface area (Å²) in [4.78, 5) is 4.32. The smallest absolute Gasteiger partial charge is 0.211 e. The largest absolute Gasteiger partial charge is 0.444 e. The lowest BCUT2D eigenvalue weighted by Crippen LogP contribution is -2.28. The zero-order valence-corrected chi connectivity index (χ0v) is 12.4. The van der Waals surface area contributed by atoms with Crippen LogP contribution in [0.5, 0.6) is 0 Å². The molecule has 3 heteroatoms. The lowest BCUT2D eigenvalue weighted by molar-refractivity contribution is 0.344. The molecule has 0 fully saturated rings. The SMILES string of the molecule is Cc1cnc(C(C)NC2CCC(C)c3ccccc32)o1. The molecule has 1 aliphatic rings. The summed E-state index contributed by atoms with van der Waals surface area (Å²) in [5, 5.41) is 3.67. The summed E-state index contributed by atoms with van der Waals surface area (Å²) in [5.41, 5.74) is 2.91. The molecule has 0 amide bonds. The second-order valence-electron chi connectivity index (χ2n) is 5.86. The third-order valence-electron chi connectivity index (χ3n) is 4.25. The number of oxazole rings is 1. The van der Waals surface area contributed by atoms with Gasteiger partial charge < -0.3 is 4.42 Å². The van der Waals surface area contributed by atoms with E-state index < -0.39 is 0 Å². The molecule has 0 aliphatic heterocycles. The van der Waals surface area contributed by atoms with Gasteiger partial charge in [0, 0.05) is 6.04 Å². The molecular formula is C17H22N2O. The second-order valence-corrected chi connectivity index (χ2v) is 5.86. The molecule has 3 nitrogen and oxygen atoms in total. The maximum absolute atomic E-state index is 5.62. The van der Waals surface area contributed by atoms with Gasteiger partial charge in [0.05, 0.1) is 12.2 Å². The summed E-state index contributed by atoms with van der Waals surface area (Å²) in [5.74, 6) is 2.30. The molecule has 1 heterocycles. The fraction of sp³-hybridized carbons (Fsp3) is 0.471. The maximum Gasteiger partial charge on any atom is 0.211 e. The first-order chi connectivity index (χ1) is 9.65. The molecule has 106 valence electrons. The summed E-state index contributed by atoms with van der Waals surface area (Å²) in [7, 11) is 0. The minimum Gasteiger partial charge on any atom is -0.444 e. The molecule has 3 unspecified atom stereocenters. The fourth-order valence-electron chi connectivity index (χ4n) is 3.12. The summed E-state index contributed by atoms with van der Waals surface area (Å²) in [6.07, 6.45) is 4.18. The van der Waals surface area contributed by atoms with Crippen molar-refractivity contribution < 1.29 is 4.42 Å². The summed E-state index contributed by atoms with van der Waals surface area (Å²) < 4.78 is 5.62.